The number of nitrogens with one attached hydrogen (secondary N) is 1. The van der Waals surface area contributed by atoms with E-state index in [1.165, 1.54) is 39.5 Å². The Bertz CT molecular complexity index is 1070. The first kappa shape index (κ1) is 19.4. The number of methoxy groups -OCH3 is 2. The van der Waals surface area contributed by atoms with Crippen molar-refractivity contribution in [3.8, 4) is 5.75 Å². The molecule has 0 bridgehead atoms. The van der Waals surface area contributed by atoms with Crippen molar-refractivity contribution in [1.29, 1.82) is 0 Å². The van der Waals surface area contributed by atoms with Crippen molar-refractivity contribution in [3.63, 3.8) is 0 Å². The van der Waals surface area contributed by atoms with E-state index in [2.05, 4.69) is 10.1 Å². The van der Waals surface area contributed by atoms with Crippen LogP contribution in [0.5, 0.6) is 5.75 Å². The van der Waals surface area contributed by atoms with Crippen molar-refractivity contribution >= 4 is 33.2 Å². The lowest BCUT2D eigenvalue weighted by Crippen LogP contribution is -2.37. The summed E-state index contributed by atoms with van der Waals surface area (Å²) in [5.74, 6) is -0.635. The third-order valence-electron chi connectivity index (χ3n) is 4.32. The number of carbonyl (C=O) groups excluding carboxylic acids is 2. The number of ether oxygens (including phenoxy) is 2. The van der Waals surface area contributed by atoms with Crippen LogP contribution in [0.1, 0.15) is 20.7 Å². The average molecular weight is 402 g/mol. The summed E-state index contributed by atoms with van der Waals surface area (Å²) < 4.78 is 36.3. The number of allylic oxidation sites excluding steroid dienone is 1. The fraction of sp³-hybridized carbons (Fsp3) is 0.158. The summed E-state index contributed by atoms with van der Waals surface area (Å²) in [6.45, 7) is 0. The number of hydrogen-bond acceptors (Lipinski definition) is 7. The monoisotopic (exact) mass is 402 g/mol. The molecule has 3 rings (SSSR count). The van der Waals surface area contributed by atoms with Gasteiger partial charge in [0.25, 0.3) is 10.0 Å². The van der Waals surface area contributed by atoms with Crippen LogP contribution in [0.3, 0.4) is 0 Å². The van der Waals surface area contributed by atoms with Crippen LogP contribution in [0, 0.1) is 0 Å². The molecular weight excluding hydrogens is 384 g/mol. The van der Waals surface area contributed by atoms with Gasteiger partial charge in [-0.25, -0.2) is 13.2 Å². The van der Waals surface area contributed by atoms with Gasteiger partial charge in [-0.2, -0.15) is 0 Å². The molecule has 0 aliphatic carbocycles. The molecule has 1 heterocycles. The highest BCUT2D eigenvalue weighted by Gasteiger charge is 2.38. The van der Waals surface area contributed by atoms with E-state index >= 15 is 0 Å². The Balaban J connectivity index is 2.00. The fourth-order valence-electron chi connectivity index (χ4n) is 2.73. The Labute approximate surface area is 162 Å². The zero-order chi connectivity index (χ0) is 20.5. The van der Waals surface area contributed by atoms with Gasteiger partial charge >= 0.3 is 5.97 Å². The van der Waals surface area contributed by atoms with Gasteiger partial charge in [0.15, 0.2) is 4.91 Å². The number of fused-ring (bicyclic) bond motifs is 1. The molecule has 8 nitrogen and oxygen atoms in total. The summed E-state index contributed by atoms with van der Waals surface area (Å²) in [6.07, 6.45) is 1.16. The molecule has 0 radical (unpaired) electrons. The predicted molar refractivity (Wildman–Crippen MR) is 104 cm³/mol. The maximum atomic E-state index is 12.8. The molecule has 0 fully saturated rings. The number of anilines is 2. The molecule has 1 N–H and O–H groups in total. The second kappa shape index (κ2) is 7.35. The molecule has 28 heavy (non-hydrogen) atoms. The van der Waals surface area contributed by atoms with Crippen molar-refractivity contribution in [2.45, 2.75) is 0 Å². The topological polar surface area (TPSA) is 102 Å². The minimum Gasteiger partial charge on any atom is -0.497 e. The molecule has 146 valence electrons. The van der Waals surface area contributed by atoms with Gasteiger partial charge in [0.1, 0.15) is 5.75 Å². The minimum absolute atomic E-state index is 0.120. The molecule has 2 aromatic carbocycles. The zero-order valence-electron chi connectivity index (χ0n) is 15.4. The Morgan fingerprint density at radius 3 is 2.39 bits per heavy atom. The van der Waals surface area contributed by atoms with E-state index in [0.29, 0.717) is 11.4 Å². The van der Waals surface area contributed by atoms with Gasteiger partial charge in [-0.1, -0.05) is 0 Å². The van der Waals surface area contributed by atoms with E-state index in [9.17, 15) is 18.0 Å². The van der Waals surface area contributed by atoms with E-state index in [1.54, 1.807) is 24.3 Å². The molecular formula is C19H18N2O6S. The van der Waals surface area contributed by atoms with Crippen LogP contribution >= 0.6 is 0 Å². The summed E-state index contributed by atoms with van der Waals surface area (Å²) >= 11 is 0. The van der Waals surface area contributed by atoms with Gasteiger partial charge in [0, 0.05) is 24.5 Å². The highest BCUT2D eigenvalue weighted by molar-refractivity contribution is 7.97. The van der Waals surface area contributed by atoms with E-state index < -0.39 is 26.7 Å². The van der Waals surface area contributed by atoms with E-state index in [-0.39, 0.29) is 16.8 Å². The predicted octanol–water partition coefficient (Wildman–Crippen LogP) is 2.40. The van der Waals surface area contributed by atoms with Crippen molar-refractivity contribution < 1.29 is 27.5 Å². The van der Waals surface area contributed by atoms with Gasteiger partial charge in [0.2, 0.25) is 5.78 Å². The third-order valence-corrected chi connectivity index (χ3v) is 6.10. The number of sulfonamides is 1. The highest BCUT2D eigenvalue weighted by Crippen LogP contribution is 2.34. The quantitative estimate of drug-likeness (QED) is 0.619. The number of hydrogen-bond donors (Lipinski definition) is 1. The minimum atomic E-state index is -4.09. The average Bonchev–Trinajstić information content (AvgIpc) is 2.71. The van der Waals surface area contributed by atoms with Gasteiger partial charge in [-0.15, -0.1) is 0 Å². The Kier molecular flexibility index (Phi) is 5.10. The van der Waals surface area contributed by atoms with Crippen LogP contribution in [-0.4, -0.2) is 41.4 Å². The standard InChI is InChI=1S/C19H18N2O6S/c1-21-16-10-12(19(23)27-3)4-9-15(16)18(22)17(28(21,24)25)11-20-13-5-7-14(26-2)8-6-13/h4-11,20H,1-3H3/b17-11-. The van der Waals surface area contributed by atoms with Crippen molar-refractivity contribution in [1.82, 2.24) is 0 Å². The number of esters is 1. The maximum absolute atomic E-state index is 12.8. The van der Waals surface area contributed by atoms with Crippen LogP contribution in [0.25, 0.3) is 0 Å². The van der Waals surface area contributed by atoms with Gasteiger partial charge in [-0.3, -0.25) is 9.10 Å². The van der Waals surface area contributed by atoms with Crippen molar-refractivity contribution in [2.24, 2.45) is 0 Å². The van der Waals surface area contributed by atoms with E-state index in [4.69, 9.17) is 4.74 Å². The lowest BCUT2D eigenvalue weighted by Gasteiger charge is -2.28. The Morgan fingerprint density at radius 2 is 1.79 bits per heavy atom. The highest BCUT2D eigenvalue weighted by atomic mass is 32.2. The normalized spacial score (nSPS) is 16.5. The second-order valence-corrected chi connectivity index (χ2v) is 7.84. The molecule has 0 atom stereocenters. The molecule has 2 aromatic rings. The maximum Gasteiger partial charge on any atom is 0.337 e. The number of nitrogens with zero attached hydrogens (tertiary/aromatic N) is 1. The molecule has 0 spiro atoms. The number of rotatable bonds is 4. The van der Waals surface area contributed by atoms with Crippen LogP contribution in [-0.2, 0) is 14.8 Å². The van der Waals surface area contributed by atoms with Crippen LogP contribution in [0.15, 0.2) is 53.6 Å². The van der Waals surface area contributed by atoms with Crippen molar-refractivity contribution in [2.75, 3.05) is 30.9 Å². The molecule has 1 aliphatic rings. The molecule has 0 saturated carbocycles. The first-order valence-corrected chi connectivity index (χ1v) is 9.60. The smallest absolute Gasteiger partial charge is 0.337 e. The summed E-state index contributed by atoms with van der Waals surface area (Å²) in [4.78, 5) is 24.1. The van der Waals surface area contributed by atoms with E-state index in [1.807, 2.05) is 0 Å². The summed E-state index contributed by atoms with van der Waals surface area (Å²) in [6, 6.07) is 10.9. The number of carbonyl (C=O) groups is 2. The Morgan fingerprint density at radius 1 is 1.11 bits per heavy atom. The lowest BCUT2D eigenvalue weighted by molar-refractivity contribution is 0.0600. The lowest BCUT2D eigenvalue weighted by atomic mass is 10.0. The number of benzene rings is 2. The first-order chi connectivity index (χ1) is 13.3. The molecule has 0 amide bonds. The fourth-order valence-corrected chi connectivity index (χ4v) is 3.99. The SMILES string of the molecule is COC(=O)c1ccc2c(c1)N(C)S(=O)(=O)/C(=C\Nc1ccc(OC)cc1)C2=O. The molecule has 0 saturated heterocycles. The third kappa shape index (κ3) is 3.31. The second-order valence-electron chi connectivity index (χ2n) is 5.91. The summed E-state index contributed by atoms with van der Waals surface area (Å²) in [5.41, 5.74) is 1.04. The summed E-state index contributed by atoms with van der Waals surface area (Å²) in [7, 11) is -0.00952. The largest absolute Gasteiger partial charge is 0.497 e. The molecule has 0 aromatic heterocycles. The van der Waals surface area contributed by atoms with Crippen LogP contribution < -0.4 is 14.4 Å². The Hall–Kier alpha value is -3.33. The van der Waals surface area contributed by atoms with Crippen LogP contribution in [0.4, 0.5) is 11.4 Å². The molecule has 9 heteroatoms. The van der Waals surface area contributed by atoms with Crippen molar-refractivity contribution in [3.05, 3.63) is 64.7 Å². The van der Waals surface area contributed by atoms with E-state index in [0.717, 1.165) is 10.5 Å². The summed E-state index contributed by atoms with van der Waals surface area (Å²) in [5, 5.41) is 2.82. The van der Waals surface area contributed by atoms with Gasteiger partial charge < -0.3 is 14.8 Å². The number of ketones is 1. The molecule has 0 unspecified atom stereocenters. The van der Waals surface area contributed by atoms with Crippen LogP contribution in [0.2, 0.25) is 0 Å². The van der Waals surface area contributed by atoms with Gasteiger partial charge in [0.05, 0.1) is 25.5 Å². The zero-order valence-corrected chi connectivity index (χ0v) is 16.2. The van der Waals surface area contributed by atoms with Gasteiger partial charge in [-0.05, 0) is 42.5 Å². The molecule has 1 aliphatic heterocycles. The number of Topliss-reactive ketones (excluding diaryl/α,β-unsaturated/α-hetero) is 1. The first-order valence-electron chi connectivity index (χ1n) is 8.16.